The Morgan fingerprint density at radius 2 is 2.04 bits per heavy atom. The monoisotopic (exact) mass is 340 g/mol. The van der Waals surface area contributed by atoms with Gasteiger partial charge in [0.15, 0.2) is 5.82 Å². The quantitative estimate of drug-likeness (QED) is 0.893. The highest BCUT2D eigenvalue weighted by molar-refractivity contribution is 7.89. The van der Waals surface area contributed by atoms with Crippen molar-refractivity contribution >= 4 is 10.0 Å². The minimum Gasteiger partial charge on any atom is -0.263 e. The van der Waals surface area contributed by atoms with Gasteiger partial charge in [0.05, 0.1) is 5.25 Å². The predicted molar refractivity (Wildman–Crippen MR) is 89.6 cm³/mol. The summed E-state index contributed by atoms with van der Waals surface area (Å²) in [5, 5.41) is 7.10. The Bertz CT molecular complexity index is 647. The summed E-state index contributed by atoms with van der Waals surface area (Å²) < 4.78 is 27.0. The van der Waals surface area contributed by atoms with Gasteiger partial charge >= 0.3 is 0 Å². The number of sulfonamides is 1. The topological polar surface area (TPSA) is 79.0 Å². The van der Waals surface area contributed by atoms with Gasteiger partial charge < -0.3 is 0 Å². The Hall–Kier alpha value is -0.950. The first-order chi connectivity index (χ1) is 10.9. The summed E-state index contributed by atoms with van der Waals surface area (Å²) in [6, 6.07) is 0. The number of nitrogens with zero attached hydrogens (tertiary/aromatic N) is 3. The minimum atomic E-state index is -3.22. The van der Waals surface area contributed by atoms with E-state index in [1.165, 1.54) is 12.8 Å². The molecule has 1 saturated heterocycles. The fourth-order valence-corrected chi connectivity index (χ4v) is 5.56. The summed E-state index contributed by atoms with van der Waals surface area (Å²) in [6.07, 6.45) is 6.44. The average molecular weight is 340 g/mol. The number of aromatic nitrogens is 3. The largest absolute Gasteiger partial charge is 0.263 e. The molecule has 1 saturated carbocycles. The van der Waals surface area contributed by atoms with Crippen LogP contribution in [0.4, 0.5) is 0 Å². The van der Waals surface area contributed by atoms with Gasteiger partial charge in [0.25, 0.3) is 0 Å². The second kappa shape index (κ2) is 6.16. The number of rotatable bonds is 5. The van der Waals surface area contributed by atoms with Crippen LogP contribution in [0, 0.1) is 5.41 Å². The highest BCUT2D eigenvalue weighted by atomic mass is 32.2. The summed E-state index contributed by atoms with van der Waals surface area (Å²) in [7, 11) is -3.22. The third-order valence-corrected chi connectivity index (χ3v) is 7.71. The van der Waals surface area contributed by atoms with Crippen LogP contribution >= 0.6 is 0 Å². The molecule has 1 spiro atoms. The van der Waals surface area contributed by atoms with Gasteiger partial charge in [-0.2, -0.15) is 5.10 Å². The molecule has 0 radical (unpaired) electrons. The number of nitrogens with one attached hydrogen (secondary N) is 1. The van der Waals surface area contributed by atoms with Crippen LogP contribution in [0.1, 0.15) is 70.4 Å². The highest BCUT2D eigenvalue weighted by Gasteiger charge is 2.53. The van der Waals surface area contributed by atoms with Crippen LogP contribution in [0.2, 0.25) is 0 Å². The molecule has 2 aliphatic rings. The number of hydrogen-bond donors (Lipinski definition) is 1. The molecule has 1 unspecified atom stereocenters. The van der Waals surface area contributed by atoms with E-state index in [2.05, 4.69) is 22.1 Å². The highest BCUT2D eigenvalue weighted by Crippen LogP contribution is 2.53. The normalized spacial score (nSPS) is 25.0. The molecule has 1 aliphatic heterocycles. The molecule has 0 aromatic carbocycles. The van der Waals surface area contributed by atoms with Gasteiger partial charge in [0, 0.05) is 25.4 Å². The zero-order valence-electron chi connectivity index (χ0n) is 14.4. The van der Waals surface area contributed by atoms with E-state index >= 15 is 0 Å². The SMILES string of the molecule is CCCc1nc(C2CN(S(=O)(=O)C(C)C)CC23CCCC3)n[nH]1. The van der Waals surface area contributed by atoms with E-state index in [1.807, 2.05) is 0 Å². The van der Waals surface area contributed by atoms with E-state index in [-0.39, 0.29) is 16.6 Å². The zero-order valence-corrected chi connectivity index (χ0v) is 15.2. The standard InChI is InChI=1S/C16H28N4O2S/c1-4-7-14-17-15(19-18-14)13-10-20(23(21,22)12(2)3)11-16(13)8-5-6-9-16/h12-13H,4-11H2,1-3H3,(H,17,18,19). The number of aryl methyl sites for hydroxylation is 1. The molecule has 7 heteroatoms. The van der Waals surface area contributed by atoms with E-state index in [0.717, 1.165) is 37.3 Å². The van der Waals surface area contributed by atoms with E-state index in [4.69, 9.17) is 0 Å². The van der Waals surface area contributed by atoms with Gasteiger partial charge in [-0.05, 0) is 38.5 Å². The minimum absolute atomic E-state index is 0.0354. The van der Waals surface area contributed by atoms with Crippen molar-refractivity contribution in [2.45, 2.75) is 70.5 Å². The summed E-state index contributed by atoms with van der Waals surface area (Å²) in [5.74, 6) is 1.86. The van der Waals surface area contributed by atoms with Gasteiger partial charge in [-0.1, -0.05) is 19.8 Å². The molecule has 3 rings (SSSR count). The maximum absolute atomic E-state index is 12.6. The molecule has 1 N–H and O–H groups in total. The first-order valence-electron chi connectivity index (χ1n) is 8.79. The predicted octanol–water partition coefficient (Wildman–Crippen LogP) is 2.46. The van der Waals surface area contributed by atoms with Gasteiger partial charge in [-0.25, -0.2) is 17.7 Å². The van der Waals surface area contributed by atoms with Crippen molar-refractivity contribution in [1.29, 1.82) is 0 Å². The lowest BCUT2D eigenvalue weighted by Crippen LogP contribution is -2.36. The Balaban J connectivity index is 1.90. The average Bonchev–Trinajstić information content (AvgIpc) is 3.21. The Labute approximate surface area is 139 Å². The second-order valence-corrected chi connectivity index (χ2v) is 9.89. The maximum Gasteiger partial charge on any atom is 0.216 e. The van der Waals surface area contributed by atoms with E-state index in [1.54, 1.807) is 18.2 Å². The molecule has 6 nitrogen and oxygen atoms in total. The number of H-pyrrole nitrogens is 1. The Kier molecular flexibility index (Phi) is 4.53. The van der Waals surface area contributed by atoms with E-state index in [9.17, 15) is 8.42 Å². The van der Waals surface area contributed by atoms with Crippen molar-refractivity contribution in [3.8, 4) is 0 Å². The summed E-state index contributed by atoms with van der Waals surface area (Å²) in [4.78, 5) is 4.67. The van der Waals surface area contributed by atoms with Crippen LogP contribution in [-0.2, 0) is 16.4 Å². The summed E-state index contributed by atoms with van der Waals surface area (Å²) in [5.41, 5.74) is 0.0354. The number of aromatic amines is 1. The summed E-state index contributed by atoms with van der Waals surface area (Å²) in [6.45, 7) is 6.80. The summed E-state index contributed by atoms with van der Waals surface area (Å²) >= 11 is 0. The molecule has 1 aromatic rings. The van der Waals surface area contributed by atoms with Crippen molar-refractivity contribution in [2.75, 3.05) is 13.1 Å². The molecule has 130 valence electrons. The van der Waals surface area contributed by atoms with Crippen LogP contribution in [0.3, 0.4) is 0 Å². The Morgan fingerprint density at radius 3 is 2.65 bits per heavy atom. The third-order valence-electron chi connectivity index (χ3n) is 5.52. The number of hydrogen-bond acceptors (Lipinski definition) is 4. The van der Waals surface area contributed by atoms with Crippen molar-refractivity contribution in [2.24, 2.45) is 5.41 Å². The van der Waals surface area contributed by atoms with Crippen LogP contribution in [-0.4, -0.2) is 46.2 Å². The van der Waals surface area contributed by atoms with E-state index in [0.29, 0.717) is 13.1 Å². The fraction of sp³-hybridized carbons (Fsp3) is 0.875. The van der Waals surface area contributed by atoms with Gasteiger partial charge in [-0.3, -0.25) is 5.10 Å². The molecule has 2 heterocycles. The molecule has 23 heavy (non-hydrogen) atoms. The van der Waals surface area contributed by atoms with Gasteiger partial charge in [0.2, 0.25) is 10.0 Å². The molecule has 0 amide bonds. The van der Waals surface area contributed by atoms with Crippen LogP contribution in [0.25, 0.3) is 0 Å². The fourth-order valence-electron chi connectivity index (χ4n) is 4.17. The zero-order chi connectivity index (χ0) is 16.7. The smallest absolute Gasteiger partial charge is 0.216 e. The van der Waals surface area contributed by atoms with Crippen molar-refractivity contribution in [1.82, 2.24) is 19.5 Å². The molecular weight excluding hydrogens is 312 g/mol. The maximum atomic E-state index is 12.6. The van der Waals surface area contributed by atoms with Gasteiger partial charge in [-0.15, -0.1) is 0 Å². The lowest BCUT2D eigenvalue weighted by molar-refractivity contribution is 0.277. The molecule has 1 aliphatic carbocycles. The van der Waals surface area contributed by atoms with Crippen LogP contribution in [0.15, 0.2) is 0 Å². The van der Waals surface area contributed by atoms with Crippen molar-refractivity contribution in [3.63, 3.8) is 0 Å². The first-order valence-corrected chi connectivity index (χ1v) is 10.3. The van der Waals surface area contributed by atoms with Crippen LogP contribution < -0.4 is 0 Å². The molecular formula is C16H28N4O2S. The first kappa shape index (κ1) is 16.9. The molecule has 2 fully saturated rings. The Morgan fingerprint density at radius 1 is 1.35 bits per heavy atom. The molecule has 1 atom stereocenters. The third kappa shape index (κ3) is 2.93. The second-order valence-electron chi connectivity index (χ2n) is 7.40. The lowest BCUT2D eigenvalue weighted by Gasteiger charge is -2.28. The van der Waals surface area contributed by atoms with Gasteiger partial charge in [0.1, 0.15) is 5.82 Å². The van der Waals surface area contributed by atoms with E-state index < -0.39 is 10.0 Å². The van der Waals surface area contributed by atoms with Crippen molar-refractivity contribution in [3.05, 3.63) is 11.6 Å². The molecule has 1 aromatic heterocycles. The van der Waals surface area contributed by atoms with Crippen molar-refractivity contribution < 1.29 is 8.42 Å². The molecule has 0 bridgehead atoms. The lowest BCUT2D eigenvalue weighted by atomic mass is 9.76. The van der Waals surface area contributed by atoms with Crippen LogP contribution in [0.5, 0.6) is 0 Å².